The van der Waals surface area contributed by atoms with Gasteiger partial charge >= 0.3 is 12.6 Å². The van der Waals surface area contributed by atoms with Crippen molar-refractivity contribution in [1.82, 2.24) is 4.98 Å². The van der Waals surface area contributed by atoms with Crippen LogP contribution in [0.25, 0.3) is 17.4 Å². The average Bonchev–Trinajstić information content (AvgIpc) is 3.22. The maximum Gasteiger partial charge on any atom is 0.387 e. The van der Waals surface area contributed by atoms with Gasteiger partial charge in [-0.3, -0.25) is 0 Å². The van der Waals surface area contributed by atoms with E-state index in [1.165, 1.54) is 30.4 Å². The monoisotopic (exact) mass is 415 g/mol. The summed E-state index contributed by atoms with van der Waals surface area (Å²) in [6.45, 7) is -1.09. The minimum absolute atomic E-state index is 0.0790. The maximum absolute atomic E-state index is 12.5. The van der Waals surface area contributed by atoms with Gasteiger partial charge in [0, 0.05) is 11.6 Å². The quantitative estimate of drug-likeness (QED) is 0.358. The Morgan fingerprint density at radius 2 is 1.97 bits per heavy atom. The third-order valence-corrected chi connectivity index (χ3v) is 3.85. The fourth-order valence-corrected chi connectivity index (χ4v) is 2.55. The van der Waals surface area contributed by atoms with E-state index in [0.29, 0.717) is 11.3 Å². The van der Waals surface area contributed by atoms with Crippen LogP contribution in [0.3, 0.4) is 0 Å². The van der Waals surface area contributed by atoms with Crippen LogP contribution in [-0.4, -0.2) is 24.2 Å². The highest BCUT2D eigenvalue weighted by Gasteiger charge is 2.11. The summed E-state index contributed by atoms with van der Waals surface area (Å²) in [5.74, 6) is 0.307. The molecule has 0 spiro atoms. The minimum atomic E-state index is -2.96. The highest BCUT2D eigenvalue weighted by Crippen LogP contribution is 2.30. The summed E-state index contributed by atoms with van der Waals surface area (Å²) in [7, 11) is 0. The van der Waals surface area contributed by atoms with Crippen molar-refractivity contribution in [1.29, 1.82) is 0 Å². The van der Waals surface area contributed by atoms with Crippen LogP contribution in [0.4, 0.5) is 8.78 Å². The molecule has 0 radical (unpaired) electrons. The summed E-state index contributed by atoms with van der Waals surface area (Å²) in [5, 5.41) is 0. The van der Waals surface area contributed by atoms with Gasteiger partial charge in [-0.25, -0.2) is 9.78 Å². The Morgan fingerprint density at radius 1 is 1.17 bits per heavy atom. The molecule has 3 rings (SSSR count). The standard InChI is InChI=1S/C22H19F2NO5/c1-2-27-18-12-15(8-10-17(18)30-22(23)24)9-11-21(26)28-14-20-25-13-19(29-20)16-6-4-3-5-7-16/h3-13,22H,2,14H2,1H3/b11-9+. The van der Waals surface area contributed by atoms with Gasteiger partial charge in [0.2, 0.25) is 5.89 Å². The van der Waals surface area contributed by atoms with Crippen molar-refractivity contribution < 1.29 is 32.2 Å². The summed E-state index contributed by atoms with van der Waals surface area (Å²) < 4.78 is 45.3. The molecule has 0 aliphatic rings. The number of halogens is 2. The lowest BCUT2D eigenvalue weighted by Crippen LogP contribution is -2.04. The Labute approximate surface area is 171 Å². The molecule has 0 saturated carbocycles. The molecule has 156 valence electrons. The molecule has 6 nitrogen and oxygen atoms in total. The summed E-state index contributed by atoms with van der Waals surface area (Å²) >= 11 is 0. The number of alkyl halides is 2. The SMILES string of the molecule is CCOc1cc(/C=C/C(=O)OCc2ncc(-c3ccccc3)o2)ccc1OC(F)F. The first-order chi connectivity index (χ1) is 14.5. The molecular weight excluding hydrogens is 396 g/mol. The number of nitrogens with zero attached hydrogens (tertiary/aromatic N) is 1. The summed E-state index contributed by atoms with van der Waals surface area (Å²) in [5.41, 5.74) is 1.42. The number of rotatable bonds is 9. The van der Waals surface area contributed by atoms with Crippen LogP contribution in [0.1, 0.15) is 18.4 Å². The molecule has 30 heavy (non-hydrogen) atoms. The van der Waals surface area contributed by atoms with E-state index in [-0.39, 0.29) is 30.6 Å². The fourth-order valence-electron chi connectivity index (χ4n) is 2.55. The molecule has 1 aromatic heterocycles. The number of ether oxygens (including phenoxy) is 3. The van der Waals surface area contributed by atoms with Gasteiger partial charge in [0.15, 0.2) is 23.9 Å². The lowest BCUT2D eigenvalue weighted by Gasteiger charge is -2.11. The first-order valence-corrected chi connectivity index (χ1v) is 9.11. The largest absolute Gasteiger partial charge is 0.490 e. The first kappa shape index (κ1) is 21.0. The van der Waals surface area contributed by atoms with Gasteiger partial charge in [0.05, 0.1) is 12.8 Å². The second kappa shape index (κ2) is 10.2. The Kier molecular flexibility index (Phi) is 7.15. The van der Waals surface area contributed by atoms with Gasteiger partial charge in [-0.2, -0.15) is 8.78 Å². The van der Waals surface area contributed by atoms with E-state index in [1.54, 1.807) is 13.1 Å². The van der Waals surface area contributed by atoms with Gasteiger partial charge in [-0.05, 0) is 30.7 Å². The smallest absolute Gasteiger partial charge is 0.387 e. The third kappa shape index (κ3) is 5.91. The number of hydrogen-bond acceptors (Lipinski definition) is 6. The van der Waals surface area contributed by atoms with Crippen molar-refractivity contribution in [3.05, 3.63) is 72.3 Å². The second-order valence-electron chi connectivity index (χ2n) is 5.94. The van der Waals surface area contributed by atoms with Crippen LogP contribution in [0.15, 0.2) is 65.2 Å². The second-order valence-corrected chi connectivity index (χ2v) is 5.94. The van der Waals surface area contributed by atoms with Gasteiger partial charge in [0.25, 0.3) is 0 Å². The van der Waals surface area contributed by atoms with E-state index in [9.17, 15) is 13.6 Å². The molecule has 0 saturated heterocycles. The van der Waals surface area contributed by atoms with Crippen LogP contribution in [0.5, 0.6) is 11.5 Å². The molecular formula is C22H19F2NO5. The zero-order chi connectivity index (χ0) is 21.3. The van der Waals surface area contributed by atoms with Gasteiger partial charge in [-0.1, -0.05) is 36.4 Å². The molecule has 0 fully saturated rings. The topological polar surface area (TPSA) is 70.8 Å². The summed E-state index contributed by atoms with van der Waals surface area (Å²) in [6, 6.07) is 13.8. The fraction of sp³-hybridized carbons (Fsp3) is 0.182. The first-order valence-electron chi connectivity index (χ1n) is 9.11. The molecule has 1 heterocycles. The molecule has 2 aromatic carbocycles. The van der Waals surface area contributed by atoms with Crippen molar-refractivity contribution in [2.24, 2.45) is 0 Å². The lowest BCUT2D eigenvalue weighted by molar-refractivity contribution is -0.139. The highest BCUT2D eigenvalue weighted by atomic mass is 19.3. The molecule has 8 heteroatoms. The van der Waals surface area contributed by atoms with E-state index in [4.69, 9.17) is 13.9 Å². The van der Waals surface area contributed by atoms with Crippen molar-refractivity contribution in [3.63, 3.8) is 0 Å². The molecule has 0 N–H and O–H groups in total. The Balaban J connectivity index is 1.58. The molecule has 3 aromatic rings. The van der Waals surface area contributed by atoms with Crippen LogP contribution >= 0.6 is 0 Å². The molecule has 0 aliphatic carbocycles. The van der Waals surface area contributed by atoms with Crippen molar-refractivity contribution >= 4 is 12.0 Å². The van der Waals surface area contributed by atoms with E-state index >= 15 is 0 Å². The highest BCUT2D eigenvalue weighted by molar-refractivity contribution is 5.87. The van der Waals surface area contributed by atoms with Gasteiger partial charge < -0.3 is 18.6 Å². The van der Waals surface area contributed by atoms with Crippen LogP contribution in [0, 0.1) is 0 Å². The van der Waals surface area contributed by atoms with E-state index < -0.39 is 12.6 Å². The number of aromatic nitrogens is 1. The lowest BCUT2D eigenvalue weighted by atomic mass is 10.2. The maximum atomic E-state index is 12.5. The Bertz CT molecular complexity index is 1000. The molecule has 0 bridgehead atoms. The average molecular weight is 415 g/mol. The van der Waals surface area contributed by atoms with Crippen LogP contribution in [-0.2, 0) is 16.1 Å². The van der Waals surface area contributed by atoms with E-state index in [2.05, 4.69) is 9.72 Å². The van der Waals surface area contributed by atoms with Crippen molar-refractivity contribution in [2.45, 2.75) is 20.1 Å². The predicted molar refractivity (Wildman–Crippen MR) is 105 cm³/mol. The third-order valence-electron chi connectivity index (χ3n) is 3.85. The number of carbonyl (C=O) groups is 1. The molecule has 0 unspecified atom stereocenters. The number of benzene rings is 2. The predicted octanol–water partition coefficient (Wildman–Crippen LogP) is 5.10. The zero-order valence-corrected chi connectivity index (χ0v) is 16.1. The van der Waals surface area contributed by atoms with E-state index in [1.807, 2.05) is 30.3 Å². The molecule has 0 atom stereocenters. The number of oxazole rings is 1. The minimum Gasteiger partial charge on any atom is -0.490 e. The number of hydrogen-bond donors (Lipinski definition) is 0. The van der Waals surface area contributed by atoms with E-state index in [0.717, 1.165) is 5.56 Å². The van der Waals surface area contributed by atoms with Crippen molar-refractivity contribution in [2.75, 3.05) is 6.61 Å². The Morgan fingerprint density at radius 3 is 2.70 bits per heavy atom. The molecule has 0 amide bonds. The zero-order valence-electron chi connectivity index (χ0n) is 16.1. The number of carbonyl (C=O) groups excluding carboxylic acids is 1. The summed E-state index contributed by atoms with van der Waals surface area (Å²) in [4.78, 5) is 16.0. The Hall–Kier alpha value is -3.68. The number of esters is 1. The normalized spacial score (nSPS) is 11.1. The van der Waals surface area contributed by atoms with Gasteiger partial charge in [-0.15, -0.1) is 0 Å². The summed E-state index contributed by atoms with van der Waals surface area (Å²) in [6.07, 6.45) is 4.24. The van der Waals surface area contributed by atoms with Crippen molar-refractivity contribution in [3.8, 4) is 22.8 Å². The van der Waals surface area contributed by atoms with Crippen LogP contribution in [0.2, 0.25) is 0 Å². The molecule has 0 aliphatic heterocycles. The van der Waals surface area contributed by atoms with Gasteiger partial charge in [0.1, 0.15) is 0 Å². The van der Waals surface area contributed by atoms with Crippen LogP contribution < -0.4 is 9.47 Å².